The lowest BCUT2D eigenvalue weighted by molar-refractivity contribution is -0.139. The van der Waals surface area contributed by atoms with Gasteiger partial charge in [-0.05, 0) is 36.7 Å². The van der Waals surface area contributed by atoms with Crippen molar-refractivity contribution in [3.8, 4) is 0 Å². The number of likely N-dealkylation sites (N-methyl/N-ethyl adjacent to an activating group) is 1. The van der Waals surface area contributed by atoms with Crippen LogP contribution in [0.15, 0.2) is 65.9 Å². The molecule has 2 N–H and O–H groups in total. The number of halogens is 1. The summed E-state index contributed by atoms with van der Waals surface area (Å²) in [6.45, 7) is 5.64. The normalized spacial score (nSPS) is 16.3. The summed E-state index contributed by atoms with van der Waals surface area (Å²) in [5.74, 6) is -0.977. The molecule has 1 aliphatic rings. The van der Waals surface area contributed by atoms with E-state index in [1.165, 1.54) is 12.1 Å². The Bertz CT molecular complexity index is 930. The largest absolute Gasteiger partial charge is 0.463 e. The van der Waals surface area contributed by atoms with Gasteiger partial charge in [0.25, 0.3) is 0 Å². The van der Waals surface area contributed by atoms with Crippen LogP contribution in [0, 0.1) is 5.82 Å². The van der Waals surface area contributed by atoms with Crippen molar-refractivity contribution in [3.63, 3.8) is 0 Å². The molecular formula is C23H26FN3O3. The van der Waals surface area contributed by atoms with E-state index in [2.05, 4.69) is 15.5 Å². The highest BCUT2D eigenvalue weighted by molar-refractivity contribution is 5.95. The van der Waals surface area contributed by atoms with Crippen LogP contribution < -0.4 is 10.6 Å². The number of benzene rings is 2. The van der Waals surface area contributed by atoms with Gasteiger partial charge in [0.1, 0.15) is 5.82 Å². The molecule has 2 amide bonds. The van der Waals surface area contributed by atoms with Crippen LogP contribution in [0.1, 0.15) is 31.0 Å². The second kappa shape index (κ2) is 10.0. The average Bonchev–Trinajstić information content (AvgIpc) is 2.73. The Balaban J connectivity index is 1.97. The van der Waals surface area contributed by atoms with Gasteiger partial charge >= 0.3 is 12.0 Å². The van der Waals surface area contributed by atoms with Crippen molar-refractivity contribution in [2.45, 2.75) is 26.4 Å². The third-order valence-electron chi connectivity index (χ3n) is 4.91. The second-order valence-corrected chi connectivity index (χ2v) is 6.99. The van der Waals surface area contributed by atoms with Gasteiger partial charge in [-0.3, -0.25) is 4.90 Å². The first-order valence-corrected chi connectivity index (χ1v) is 10.0. The molecule has 158 valence electrons. The van der Waals surface area contributed by atoms with Crippen LogP contribution in [0.2, 0.25) is 0 Å². The van der Waals surface area contributed by atoms with Crippen molar-refractivity contribution in [1.29, 1.82) is 0 Å². The molecule has 0 bridgehead atoms. The van der Waals surface area contributed by atoms with E-state index in [9.17, 15) is 14.0 Å². The van der Waals surface area contributed by atoms with Gasteiger partial charge in [0.15, 0.2) is 0 Å². The zero-order chi connectivity index (χ0) is 21.5. The predicted molar refractivity (Wildman–Crippen MR) is 112 cm³/mol. The fourth-order valence-corrected chi connectivity index (χ4v) is 3.47. The highest BCUT2D eigenvalue weighted by atomic mass is 19.1. The lowest BCUT2D eigenvalue weighted by Gasteiger charge is -2.32. The number of hydrogen-bond donors (Lipinski definition) is 2. The van der Waals surface area contributed by atoms with Crippen LogP contribution in [-0.2, 0) is 16.1 Å². The number of nitrogens with one attached hydrogen (secondary N) is 2. The fraction of sp³-hybridized carbons (Fsp3) is 0.304. The molecule has 0 spiro atoms. The second-order valence-electron chi connectivity index (χ2n) is 6.99. The van der Waals surface area contributed by atoms with Crippen LogP contribution in [0.3, 0.4) is 0 Å². The molecule has 0 radical (unpaired) electrons. The number of rotatable bonds is 8. The number of nitrogens with zero attached hydrogens (tertiary/aromatic N) is 1. The molecule has 0 aliphatic carbocycles. The van der Waals surface area contributed by atoms with Crippen molar-refractivity contribution in [2.75, 3.05) is 19.7 Å². The Kier molecular flexibility index (Phi) is 7.19. The first kappa shape index (κ1) is 21.5. The number of hydrogen-bond acceptors (Lipinski definition) is 4. The van der Waals surface area contributed by atoms with E-state index in [1.807, 2.05) is 37.3 Å². The summed E-state index contributed by atoms with van der Waals surface area (Å²) in [6.07, 6.45) is 0. The van der Waals surface area contributed by atoms with Crippen molar-refractivity contribution in [1.82, 2.24) is 15.5 Å². The highest BCUT2D eigenvalue weighted by Gasteiger charge is 2.34. The summed E-state index contributed by atoms with van der Waals surface area (Å²) in [5, 5.41) is 5.49. The Labute approximate surface area is 175 Å². The number of esters is 1. The van der Waals surface area contributed by atoms with Gasteiger partial charge in [0.2, 0.25) is 0 Å². The van der Waals surface area contributed by atoms with E-state index in [4.69, 9.17) is 4.74 Å². The first-order chi connectivity index (χ1) is 14.5. The van der Waals surface area contributed by atoms with Gasteiger partial charge in [-0.2, -0.15) is 0 Å². The zero-order valence-corrected chi connectivity index (χ0v) is 17.2. The molecule has 7 heteroatoms. The van der Waals surface area contributed by atoms with Crippen molar-refractivity contribution >= 4 is 12.0 Å². The van der Waals surface area contributed by atoms with E-state index in [1.54, 1.807) is 19.1 Å². The van der Waals surface area contributed by atoms with Crippen molar-refractivity contribution < 1.29 is 18.7 Å². The van der Waals surface area contributed by atoms with E-state index < -0.39 is 23.9 Å². The Hall–Kier alpha value is -3.19. The Morgan fingerprint density at radius 1 is 1.10 bits per heavy atom. The third kappa shape index (κ3) is 5.24. The van der Waals surface area contributed by atoms with Gasteiger partial charge in [-0.1, -0.05) is 49.4 Å². The smallest absolute Gasteiger partial charge is 0.338 e. The first-order valence-electron chi connectivity index (χ1n) is 10.0. The van der Waals surface area contributed by atoms with Crippen LogP contribution in [0.5, 0.6) is 0 Å². The van der Waals surface area contributed by atoms with E-state index >= 15 is 0 Å². The van der Waals surface area contributed by atoms with Gasteiger partial charge in [-0.15, -0.1) is 0 Å². The van der Waals surface area contributed by atoms with Crippen LogP contribution in [0.4, 0.5) is 9.18 Å². The number of urea groups is 1. The molecule has 0 saturated heterocycles. The SMILES string of the molecule is CCOC(=O)C1=C(CN(CC)Cc2ccccc2)NC(=O)NC1c1cccc(F)c1. The lowest BCUT2D eigenvalue weighted by Crippen LogP contribution is -2.48. The third-order valence-corrected chi connectivity index (χ3v) is 4.91. The number of carbonyl (C=O) groups excluding carboxylic acids is 2. The summed E-state index contributed by atoms with van der Waals surface area (Å²) in [5.41, 5.74) is 2.36. The lowest BCUT2D eigenvalue weighted by atomic mass is 9.95. The number of ether oxygens (including phenoxy) is 1. The molecule has 0 fully saturated rings. The molecule has 1 heterocycles. The minimum atomic E-state index is -0.793. The Morgan fingerprint density at radius 2 is 1.87 bits per heavy atom. The van der Waals surface area contributed by atoms with Crippen molar-refractivity contribution in [3.05, 3.63) is 82.8 Å². The van der Waals surface area contributed by atoms with Crippen LogP contribution in [0.25, 0.3) is 0 Å². The molecule has 2 aromatic carbocycles. The molecule has 6 nitrogen and oxygen atoms in total. The Morgan fingerprint density at radius 3 is 2.53 bits per heavy atom. The quantitative estimate of drug-likeness (QED) is 0.652. The highest BCUT2D eigenvalue weighted by Crippen LogP contribution is 2.28. The molecule has 2 aromatic rings. The minimum absolute atomic E-state index is 0.195. The topological polar surface area (TPSA) is 70.7 Å². The van der Waals surface area contributed by atoms with Crippen LogP contribution in [-0.4, -0.2) is 36.6 Å². The van der Waals surface area contributed by atoms with Crippen LogP contribution >= 0.6 is 0 Å². The molecule has 1 unspecified atom stereocenters. The van der Waals surface area contributed by atoms with Gasteiger partial charge in [0, 0.05) is 18.8 Å². The fourth-order valence-electron chi connectivity index (χ4n) is 3.47. The number of carbonyl (C=O) groups is 2. The van der Waals surface area contributed by atoms with Gasteiger partial charge in [0.05, 0.1) is 18.2 Å². The molecule has 3 rings (SSSR count). The summed E-state index contributed by atoms with van der Waals surface area (Å²) in [4.78, 5) is 27.3. The van der Waals surface area contributed by atoms with E-state index in [-0.39, 0.29) is 12.2 Å². The maximum atomic E-state index is 13.8. The number of amides is 2. The predicted octanol–water partition coefficient (Wildman–Crippen LogP) is 3.52. The van der Waals surface area contributed by atoms with Gasteiger partial charge in [-0.25, -0.2) is 14.0 Å². The average molecular weight is 411 g/mol. The van der Waals surface area contributed by atoms with Gasteiger partial charge < -0.3 is 15.4 Å². The minimum Gasteiger partial charge on any atom is -0.463 e. The summed E-state index contributed by atoms with van der Waals surface area (Å²) in [6, 6.07) is 14.6. The van der Waals surface area contributed by atoms with E-state index in [0.29, 0.717) is 30.9 Å². The maximum absolute atomic E-state index is 13.8. The summed E-state index contributed by atoms with van der Waals surface area (Å²) < 4.78 is 19.1. The summed E-state index contributed by atoms with van der Waals surface area (Å²) in [7, 11) is 0. The molecule has 0 aromatic heterocycles. The molecule has 0 saturated carbocycles. The van der Waals surface area contributed by atoms with Crippen molar-refractivity contribution in [2.24, 2.45) is 0 Å². The zero-order valence-electron chi connectivity index (χ0n) is 17.2. The monoisotopic (exact) mass is 411 g/mol. The standard InChI is InChI=1S/C23H26FN3O3/c1-3-27(14-16-9-6-5-7-10-16)15-19-20(22(28)30-4-2)21(26-23(29)25-19)17-11-8-12-18(24)13-17/h5-13,21H,3-4,14-15H2,1-2H3,(H2,25,26,29). The molecule has 1 atom stereocenters. The molecule has 1 aliphatic heterocycles. The maximum Gasteiger partial charge on any atom is 0.338 e. The molecular weight excluding hydrogens is 385 g/mol. The molecule has 30 heavy (non-hydrogen) atoms. The summed E-state index contributed by atoms with van der Waals surface area (Å²) >= 11 is 0. The van der Waals surface area contributed by atoms with E-state index in [0.717, 1.165) is 5.56 Å².